The van der Waals surface area contributed by atoms with E-state index in [0.29, 0.717) is 16.1 Å². The van der Waals surface area contributed by atoms with Gasteiger partial charge in [-0.25, -0.2) is 4.68 Å². The number of halogens is 2. The summed E-state index contributed by atoms with van der Waals surface area (Å²) in [7, 11) is 0. The van der Waals surface area contributed by atoms with Gasteiger partial charge < -0.3 is 4.57 Å². The van der Waals surface area contributed by atoms with Crippen LogP contribution < -0.4 is 0 Å². The molecule has 0 N–H and O–H groups in total. The predicted octanol–water partition coefficient (Wildman–Crippen LogP) is 6.02. The minimum absolute atomic E-state index is 0.606. The highest BCUT2D eigenvalue weighted by Crippen LogP contribution is 2.36. The maximum absolute atomic E-state index is 6.45. The molecular formula is C20H26Cl2N4S. The van der Waals surface area contributed by atoms with Crippen molar-refractivity contribution >= 4 is 35.4 Å². The third kappa shape index (κ3) is 3.84. The zero-order valence-electron chi connectivity index (χ0n) is 15.7. The van der Waals surface area contributed by atoms with Crippen molar-refractivity contribution in [3.63, 3.8) is 0 Å². The molecule has 27 heavy (non-hydrogen) atoms. The molecule has 146 valence electrons. The molecule has 7 heteroatoms. The number of nitrogens with zero attached hydrogens (tertiary/aromatic N) is 4. The first-order valence-corrected chi connectivity index (χ1v) is 11.1. The lowest BCUT2D eigenvalue weighted by atomic mass is 9.78. The van der Waals surface area contributed by atoms with E-state index in [9.17, 15) is 0 Å². The first-order chi connectivity index (χ1) is 13.1. The Kier molecular flexibility index (Phi) is 5.93. The van der Waals surface area contributed by atoms with Gasteiger partial charge >= 0.3 is 0 Å². The SMILES string of the molecule is CCn1c(-c2ccc(Cl)cc2Cl)nn(CN2CCC[C@@H]3CCCC[C@H]32)c1=S. The van der Waals surface area contributed by atoms with Gasteiger partial charge in [-0.2, -0.15) is 5.10 Å². The van der Waals surface area contributed by atoms with E-state index in [0.717, 1.165) is 41.8 Å². The Bertz CT molecular complexity index is 873. The number of benzene rings is 1. The molecule has 0 spiro atoms. The molecule has 1 aromatic carbocycles. The fourth-order valence-corrected chi connectivity index (χ4v) is 5.57. The fourth-order valence-electron chi connectivity index (χ4n) is 4.76. The molecular weight excluding hydrogens is 399 g/mol. The Balaban J connectivity index is 1.66. The minimum Gasteiger partial charge on any atom is -0.300 e. The van der Waals surface area contributed by atoms with Crippen LogP contribution in [0.25, 0.3) is 11.4 Å². The third-order valence-electron chi connectivity index (χ3n) is 6.08. The fraction of sp³-hybridized carbons (Fsp3) is 0.600. The van der Waals surface area contributed by atoms with Crippen LogP contribution in [0.2, 0.25) is 10.0 Å². The molecule has 1 saturated carbocycles. The van der Waals surface area contributed by atoms with Gasteiger partial charge in [-0.3, -0.25) is 4.90 Å². The summed E-state index contributed by atoms with van der Waals surface area (Å²) in [5, 5.41) is 6.11. The van der Waals surface area contributed by atoms with E-state index in [-0.39, 0.29) is 0 Å². The van der Waals surface area contributed by atoms with Crippen LogP contribution in [0.4, 0.5) is 0 Å². The molecule has 1 aromatic heterocycles. The summed E-state index contributed by atoms with van der Waals surface area (Å²) in [6, 6.07) is 6.22. The highest BCUT2D eigenvalue weighted by Gasteiger charge is 2.33. The van der Waals surface area contributed by atoms with E-state index in [4.69, 9.17) is 40.5 Å². The summed E-state index contributed by atoms with van der Waals surface area (Å²) in [6.07, 6.45) is 8.07. The van der Waals surface area contributed by atoms with Gasteiger partial charge in [0.15, 0.2) is 10.6 Å². The highest BCUT2D eigenvalue weighted by molar-refractivity contribution is 7.71. The lowest BCUT2D eigenvalue weighted by Gasteiger charge is -2.43. The highest BCUT2D eigenvalue weighted by atomic mass is 35.5. The van der Waals surface area contributed by atoms with E-state index >= 15 is 0 Å². The van der Waals surface area contributed by atoms with Gasteiger partial charge in [0.1, 0.15) is 0 Å². The van der Waals surface area contributed by atoms with Crippen molar-refractivity contribution < 1.29 is 0 Å². The maximum Gasteiger partial charge on any atom is 0.199 e. The normalized spacial score (nSPS) is 23.4. The summed E-state index contributed by atoms with van der Waals surface area (Å²) < 4.78 is 4.81. The summed E-state index contributed by atoms with van der Waals surface area (Å²) >= 11 is 18.3. The van der Waals surface area contributed by atoms with Crippen molar-refractivity contribution in [2.45, 2.75) is 64.7 Å². The zero-order valence-corrected chi connectivity index (χ0v) is 18.0. The molecule has 1 aliphatic carbocycles. The molecule has 1 aliphatic heterocycles. The van der Waals surface area contributed by atoms with E-state index in [1.165, 1.54) is 38.5 Å². The predicted molar refractivity (Wildman–Crippen MR) is 114 cm³/mol. The number of hydrogen-bond donors (Lipinski definition) is 0. The lowest BCUT2D eigenvalue weighted by Crippen LogP contribution is -2.47. The van der Waals surface area contributed by atoms with E-state index in [2.05, 4.69) is 16.4 Å². The number of rotatable bonds is 4. The molecule has 1 saturated heterocycles. The van der Waals surface area contributed by atoms with Crippen molar-refractivity contribution in [1.29, 1.82) is 0 Å². The number of fused-ring (bicyclic) bond motifs is 1. The van der Waals surface area contributed by atoms with Crippen molar-refractivity contribution in [2.75, 3.05) is 6.54 Å². The summed E-state index contributed by atoms with van der Waals surface area (Å²) in [6.45, 7) is 4.76. The van der Waals surface area contributed by atoms with Crippen LogP contribution in [0.5, 0.6) is 0 Å². The summed E-state index contributed by atoms with van der Waals surface area (Å²) in [5.41, 5.74) is 0.877. The maximum atomic E-state index is 6.45. The quantitative estimate of drug-likeness (QED) is 0.561. The second kappa shape index (κ2) is 8.24. The topological polar surface area (TPSA) is 26.0 Å². The Morgan fingerprint density at radius 1 is 1.15 bits per heavy atom. The average molecular weight is 425 g/mol. The number of aromatic nitrogens is 3. The van der Waals surface area contributed by atoms with E-state index in [1.807, 2.05) is 16.8 Å². The Morgan fingerprint density at radius 3 is 2.70 bits per heavy atom. The summed E-state index contributed by atoms with van der Waals surface area (Å²) in [4.78, 5) is 2.60. The smallest absolute Gasteiger partial charge is 0.199 e. The van der Waals surface area contributed by atoms with Gasteiger partial charge in [0, 0.05) is 29.7 Å². The van der Waals surface area contributed by atoms with E-state index < -0.39 is 0 Å². The molecule has 0 radical (unpaired) electrons. The standard InChI is InChI=1S/C20H26Cl2N4S/c1-2-25-19(16-10-9-15(21)12-17(16)22)23-26(20(25)27)13-24-11-5-7-14-6-3-4-8-18(14)24/h9-10,12,14,18H,2-8,11,13H2,1H3/t14-,18+/m0/s1. The van der Waals surface area contributed by atoms with Crippen LogP contribution in [0.3, 0.4) is 0 Å². The zero-order chi connectivity index (χ0) is 19.0. The minimum atomic E-state index is 0.606. The van der Waals surface area contributed by atoms with Crippen LogP contribution in [0, 0.1) is 10.7 Å². The monoisotopic (exact) mass is 424 g/mol. The van der Waals surface area contributed by atoms with Crippen LogP contribution in [0.1, 0.15) is 45.4 Å². The number of piperidine rings is 1. The Labute approximate surface area is 176 Å². The Hall–Kier alpha value is -0.880. The lowest BCUT2D eigenvalue weighted by molar-refractivity contribution is 0.0323. The molecule has 2 heterocycles. The van der Waals surface area contributed by atoms with Crippen LogP contribution in [-0.2, 0) is 13.2 Å². The molecule has 2 aromatic rings. The van der Waals surface area contributed by atoms with Crippen molar-refractivity contribution in [3.05, 3.63) is 33.0 Å². The van der Waals surface area contributed by atoms with Crippen molar-refractivity contribution in [1.82, 2.24) is 19.2 Å². The third-order valence-corrected chi connectivity index (χ3v) is 7.06. The van der Waals surface area contributed by atoms with Crippen LogP contribution >= 0.6 is 35.4 Å². The molecule has 4 nitrogen and oxygen atoms in total. The molecule has 0 unspecified atom stereocenters. The van der Waals surface area contributed by atoms with Gasteiger partial charge in [0.25, 0.3) is 0 Å². The van der Waals surface area contributed by atoms with Crippen LogP contribution in [0.15, 0.2) is 18.2 Å². The number of likely N-dealkylation sites (tertiary alicyclic amines) is 1. The molecule has 0 amide bonds. The van der Waals surface area contributed by atoms with Crippen molar-refractivity contribution in [2.24, 2.45) is 5.92 Å². The summed E-state index contributed by atoms with van der Waals surface area (Å²) in [5.74, 6) is 1.67. The van der Waals surface area contributed by atoms with Gasteiger partial charge in [-0.05, 0) is 68.9 Å². The molecule has 4 rings (SSSR count). The Morgan fingerprint density at radius 2 is 1.93 bits per heavy atom. The second-order valence-corrected chi connectivity index (χ2v) is 8.89. The number of hydrogen-bond acceptors (Lipinski definition) is 3. The molecule has 2 atom stereocenters. The second-order valence-electron chi connectivity index (χ2n) is 7.68. The largest absolute Gasteiger partial charge is 0.300 e. The van der Waals surface area contributed by atoms with Gasteiger partial charge in [0.05, 0.1) is 11.7 Å². The van der Waals surface area contributed by atoms with Gasteiger partial charge in [0.2, 0.25) is 0 Å². The molecule has 0 bridgehead atoms. The van der Waals surface area contributed by atoms with Gasteiger partial charge in [-0.15, -0.1) is 0 Å². The van der Waals surface area contributed by atoms with E-state index in [1.54, 1.807) is 6.07 Å². The molecule has 2 aliphatic rings. The van der Waals surface area contributed by atoms with Crippen LogP contribution in [-0.4, -0.2) is 31.8 Å². The van der Waals surface area contributed by atoms with Crippen molar-refractivity contribution in [3.8, 4) is 11.4 Å². The molecule has 2 fully saturated rings. The average Bonchev–Trinajstić information content (AvgIpc) is 2.97. The first-order valence-electron chi connectivity index (χ1n) is 9.95. The van der Waals surface area contributed by atoms with Gasteiger partial charge in [-0.1, -0.05) is 36.0 Å². The first kappa shape index (κ1) is 19.4.